The number of hydrogen-bond donors (Lipinski definition) is 0. The van der Waals surface area contributed by atoms with Crippen LogP contribution in [0.15, 0.2) is 54.7 Å². The fourth-order valence-corrected chi connectivity index (χ4v) is 4.23. The molecule has 2 heterocycles. The van der Waals surface area contributed by atoms with E-state index in [-0.39, 0.29) is 0 Å². The van der Waals surface area contributed by atoms with Crippen molar-refractivity contribution in [3.05, 3.63) is 71.4 Å². The van der Waals surface area contributed by atoms with Crippen LogP contribution in [0, 0.1) is 0 Å². The summed E-state index contributed by atoms with van der Waals surface area (Å²) in [6, 6.07) is 16.7. The molecule has 5 rings (SSSR count). The molecule has 2 aromatic carbocycles. The molecule has 4 heteroatoms. The lowest BCUT2D eigenvalue weighted by Gasteiger charge is -2.22. The summed E-state index contributed by atoms with van der Waals surface area (Å²) in [6.07, 6.45) is 8.20. The van der Waals surface area contributed by atoms with Crippen LogP contribution in [-0.2, 0) is 30.7 Å². The molecule has 1 fully saturated rings. The van der Waals surface area contributed by atoms with Crippen LogP contribution in [0.4, 0.5) is 0 Å². The van der Waals surface area contributed by atoms with Gasteiger partial charge in [0.05, 0.1) is 18.3 Å². The average Bonchev–Trinajstić information content (AvgIpc) is 3.16. The zero-order valence-corrected chi connectivity index (χ0v) is 16.1. The van der Waals surface area contributed by atoms with Gasteiger partial charge in [0.1, 0.15) is 12.4 Å². The van der Waals surface area contributed by atoms with Crippen molar-refractivity contribution in [3.8, 4) is 17.0 Å². The highest BCUT2D eigenvalue weighted by Crippen LogP contribution is 2.34. The Balaban J connectivity index is 1.32. The molecular weight excluding hydrogens is 348 g/mol. The molecule has 0 bridgehead atoms. The molecule has 0 N–H and O–H groups in total. The second-order valence-electron chi connectivity index (χ2n) is 7.81. The lowest BCUT2D eigenvalue weighted by atomic mass is 9.90. The van der Waals surface area contributed by atoms with E-state index in [9.17, 15) is 0 Å². The molecule has 1 aliphatic carbocycles. The van der Waals surface area contributed by atoms with Gasteiger partial charge in [-0.1, -0.05) is 30.3 Å². The zero-order chi connectivity index (χ0) is 18.8. The normalized spacial score (nSPS) is 18.4. The summed E-state index contributed by atoms with van der Waals surface area (Å²) in [6.45, 7) is 2.35. The van der Waals surface area contributed by atoms with Crippen molar-refractivity contribution in [2.45, 2.75) is 51.4 Å². The lowest BCUT2D eigenvalue weighted by Crippen LogP contribution is -2.24. The van der Waals surface area contributed by atoms with Gasteiger partial charge in [-0.05, 0) is 67.0 Å². The highest BCUT2D eigenvalue weighted by atomic mass is 16.5. The second-order valence-corrected chi connectivity index (χ2v) is 7.81. The van der Waals surface area contributed by atoms with E-state index in [0.717, 1.165) is 43.9 Å². The summed E-state index contributed by atoms with van der Waals surface area (Å²) < 4.78 is 14.0. The van der Waals surface area contributed by atoms with E-state index in [0.29, 0.717) is 12.7 Å². The number of benzene rings is 2. The summed E-state index contributed by atoms with van der Waals surface area (Å²) in [4.78, 5) is 0. The Morgan fingerprint density at radius 3 is 2.79 bits per heavy atom. The van der Waals surface area contributed by atoms with E-state index in [2.05, 4.69) is 41.2 Å². The van der Waals surface area contributed by atoms with Crippen molar-refractivity contribution in [3.63, 3.8) is 0 Å². The van der Waals surface area contributed by atoms with Crippen LogP contribution in [0.2, 0.25) is 0 Å². The Morgan fingerprint density at radius 1 is 1.04 bits per heavy atom. The van der Waals surface area contributed by atoms with Gasteiger partial charge in [-0.2, -0.15) is 5.10 Å². The minimum atomic E-state index is 0.309. The van der Waals surface area contributed by atoms with Gasteiger partial charge in [0, 0.05) is 18.4 Å². The third-order valence-electron chi connectivity index (χ3n) is 5.75. The van der Waals surface area contributed by atoms with Gasteiger partial charge in [0.25, 0.3) is 0 Å². The molecule has 0 radical (unpaired) electrons. The largest absolute Gasteiger partial charge is 0.489 e. The minimum Gasteiger partial charge on any atom is -0.489 e. The van der Waals surface area contributed by atoms with Gasteiger partial charge in [-0.15, -0.1) is 0 Å². The number of nitrogens with zero attached hydrogens (tertiary/aromatic N) is 2. The molecule has 0 saturated carbocycles. The summed E-state index contributed by atoms with van der Waals surface area (Å²) in [7, 11) is 0. The fourth-order valence-electron chi connectivity index (χ4n) is 4.23. The number of rotatable bonds is 5. The van der Waals surface area contributed by atoms with E-state index in [1.165, 1.54) is 35.1 Å². The Hall–Kier alpha value is -2.59. The molecule has 0 amide bonds. The maximum atomic E-state index is 6.01. The Morgan fingerprint density at radius 2 is 1.93 bits per heavy atom. The number of hydrogen-bond acceptors (Lipinski definition) is 3. The van der Waals surface area contributed by atoms with Gasteiger partial charge >= 0.3 is 0 Å². The maximum absolute atomic E-state index is 6.01. The first kappa shape index (κ1) is 17.5. The first-order chi connectivity index (χ1) is 13.8. The van der Waals surface area contributed by atoms with Crippen LogP contribution in [0.3, 0.4) is 0 Å². The smallest absolute Gasteiger partial charge is 0.120 e. The van der Waals surface area contributed by atoms with E-state index in [1.54, 1.807) is 0 Å². The van der Waals surface area contributed by atoms with Gasteiger partial charge in [0.2, 0.25) is 0 Å². The molecule has 1 unspecified atom stereocenters. The van der Waals surface area contributed by atoms with Gasteiger partial charge in [-0.25, -0.2) is 0 Å². The molecule has 0 spiro atoms. The third-order valence-corrected chi connectivity index (χ3v) is 5.75. The maximum Gasteiger partial charge on any atom is 0.120 e. The topological polar surface area (TPSA) is 36.3 Å². The Bertz CT molecular complexity index is 942. The molecule has 28 heavy (non-hydrogen) atoms. The predicted octanol–water partition coefficient (Wildman–Crippen LogP) is 4.80. The Kier molecular flexibility index (Phi) is 4.88. The predicted molar refractivity (Wildman–Crippen MR) is 109 cm³/mol. The molecule has 2 aliphatic rings. The van der Waals surface area contributed by atoms with Crippen molar-refractivity contribution >= 4 is 0 Å². The van der Waals surface area contributed by atoms with Crippen molar-refractivity contribution in [2.24, 2.45) is 0 Å². The van der Waals surface area contributed by atoms with E-state index in [4.69, 9.17) is 14.6 Å². The third kappa shape index (κ3) is 3.69. The number of aromatic nitrogens is 2. The highest BCUT2D eigenvalue weighted by molar-refractivity contribution is 5.70. The molecule has 1 aromatic heterocycles. The van der Waals surface area contributed by atoms with Gasteiger partial charge in [-0.3, -0.25) is 4.68 Å². The molecule has 144 valence electrons. The van der Waals surface area contributed by atoms with Crippen LogP contribution in [0.1, 0.15) is 36.0 Å². The first-order valence-corrected chi connectivity index (χ1v) is 10.3. The molecule has 3 aromatic rings. The summed E-state index contributed by atoms with van der Waals surface area (Å²) in [5.41, 5.74) is 6.24. The second kappa shape index (κ2) is 7.80. The molecular formula is C24H26N2O2. The highest BCUT2D eigenvalue weighted by Gasteiger charge is 2.22. The first-order valence-electron chi connectivity index (χ1n) is 10.3. The van der Waals surface area contributed by atoms with Crippen LogP contribution >= 0.6 is 0 Å². The fraction of sp³-hybridized carbons (Fsp3) is 0.375. The number of aryl methyl sites for hydroxylation is 2. The van der Waals surface area contributed by atoms with Crippen molar-refractivity contribution in [2.75, 3.05) is 6.61 Å². The standard InChI is InChI=1S/C24H26N2O2/c1-2-6-18(7-3-1)17-28-21-11-12-23-19(14-21)9-10-20-15-26(25-24(20)23)16-22-8-4-5-13-27-22/h1-3,6-7,11-12,14-15,22H,4-5,8-10,13,16-17H2. The number of ether oxygens (including phenoxy) is 2. The average molecular weight is 374 g/mol. The van der Waals surface area contributed by atoms with Crippen LogP contribution in [0.5, 0.6) is 5.75 Å². The lowest BCUT2D eigenvalue weighted by molar-refractivity contribution is 0.00402. The Labute approximate surface area is 166 Å². The summed E-state index contributed by atoms with van der Waals surface area (Å²) in [5, 5.41) is 4.91. The quantitative estimate of drug-likeness (QED) is 0.644. The molecule has 4 nitrogen and oxygen atoms in total. The van der Waals surface area contributed by atoms with Gasteiger partial charge < -0.3 is 9.47 Å². The molecule has 1 atom stereocenters. The van der Waals surface area contributed by atoms with Crippen LogP contribution in [0.25, 0.3) is 11.3 Å². The molecule has 1 aliphatic heterocycles. The zero-order valence-electron chi connectivity index (χ0n) is 16.1. The van der Waals surface area contributed by atoms with Crippen molar-refractivity contribution in [1.29, 1.82) is 0 Å². The van der Waals surface area contributed by atoms with Crippen molar-refractivity contribution < 1.29 is 9.47 Å². The summed E-state index contributed by atoms with van der Waals surface area (Å²) in [5.74, 6) is 0.932. The van der Waals surface area contributed by atoms with E-state index >= 15 is 0 Å². The molecule has 1 saturated heterocycles. The summed E-state index contributed by atoms with van der Waals surface area (Å²) >= 11 is 0. The van der Waals surface area contributed by atoms with Gasteiger partial charge in [0.15, 0.2) is 0 Å². The van der Waals surface area contributed by atoms with Crippen LogP contribution in [-0.4, -0.2) is 22.5 Å². The monoisotopic (exact) mass is 374 g/mol. The van der Waals surface area contributed by atoms with E-state index in [1.807, 2.05) is 18.2 Å². The number of fused-ring (bicyclic) bond motifs is 3. The van der Waals surface area contributed by atoms with Crippen LogP contribution < -0.4 is 4.74 Å². The van der Waals surface area contributed by atoms with E-state index < -0.39 is 0 Å². The minimum absolute atomic E-state index is 0.309. The SMILES string of the molecule is c1ccc(COc2ccc3c(c2)CCc2cn(CC4CCCCO4)nc2-3)cc1. The van der Waals surface area contributed by atoms with Crippen molar-refractivity contribution in [1.82, 2.24) is 9.78 Å².